The summed E-state index contributed by atoms with van der Waals surface area (Å²) in [4.78, 5) is 12.0. The molecule has 0 aliphatic carbocycles. The van der Waals surface area contributed by atoms with E-state index in [1.807, 2.05) is 30.3 Å². The Bertz CT molecular complexity index is 551. The van der Waals surface area contributed by atoms with Gasteiger partial charge >= 0.3 is 0 Å². The first-order valence-electron chi connectivity index (χ1n) is 6.38. The molecule has 20 heavy (non-hydrogen) atoms. The van der Waals surface area contributed by atoms with Crippen molar-refractivity contribution in [3.8, 4) is 0 Å². The fraction of sp³-hybridized carbons (Fsp3) is 0.267. The molecule has 2 aromatic rings. The summed E-state index contributed by atoms with van der Waals surface area (Å²) in [5, 5.41) is 2.82. The lowest BCUT2D eigenvalue weighted by Gasteiger charge is -2.16. The van der Waals surface area contributed by atoms with E-state index in [2.05, 4.69) is 5.32 Å². The van der Waals surface area contributed by atoms with Crippen LogP contribution in [0.25, 0.3) is 0 Å². The van der Waals surface area contributed by atoms with E-state index in [1.165, 1.54) is 6.26 Å². The van der Waals surface area contributed by atoms with Gasteiger partial charge in [-0.1, -0.05) is 30.3 Å². The molecule has 0 aliphatic heterocycles. The van der Waals surface area contributed by atoms with Gasteiger partial charge in [0.2, 0.25) is 0 Å². The number of nitrogens with two attached hydrogens (primary N) is 1. The average Bonchev–Trinajstić information content (AvgIpc) is 2.98. The number of hydrogen-bond donors (Lipinski definition) is 2. The summed E-state index contributed by atoms with van der Waals surface area (Å²) in [7, 11) is 1.62. The number of nitrogens with one attached hydrogen (secondary N) is 1. The highest BCUT2D eigenvalue weighted by atomic mass is 16.5. The Morgan fingerprint density at radius 3 is 2.75 bits per heavy atom. The van der Waals surface area contributed by atoms with E-state index in [4.69, 9.17) is 14.9 Å². The Labute approximate surface area is 117 Å². The molecule has 106 valence electrons. The number of benzene rings is 1. The molecule has 1 aromatic heterocycles. The van der Waals surface area contributed by atoms with Gasteiger partial charge < -0.3 is 20.2 Å². The molecule has 0 saturated heterocycles. The maximum Gasteiger partial charge on any atom is 0.254 e. The van der Waals surface area contributed by atoms with Crippen LogP contribution in [0.5, 0.6) is 0 Å². The molecule has 1 amide bonds. The minimum atomic E-state index is -0.202. The van der Waals surface area contributed by atoms with Gasteiger partial charge in [0, 0.05) is 13.7 Å². The molecule has 0 radical (unpaired) electrons. The number of ether oxygens (including phenoxy) is 1. The van der Waals surface area contributed by atoms with Crippen LogP contribution >= 0.6 is 0 Å². The monoisotopic (exact) mass is 274 g/mol. The first-order valence-corrected chi connectivity index (χ1v) is 6.38. The van der Waals surface area contributed by atoms with E-state index in [0.29, 0.717) is 17.9 Å². The molecular formula is C15H18N2O3. The number of hydrogen-bond acceptors (Lipinski definition) is 4. The maximum absolute atomic E-state index is 12.0. The average molecular weight is 274 g/mol. The number of rotatable bonds is 6. The van der Waals surface area contributed by atoms with Crippen LogP contribution in [0.3, 0.4) is 0 Å². The van der Waals surface area contributed by atoms with Crippen molar-refractivity contribution >= 4 is 5.91 Å². The topological polar surface area (TPSA) is 77.5 Å². The van der Waals surface area contributed by atoms with Crippen LogP contribution in [-0.2, 0) is 11.3 Å². The molecule has 0 aliphatic rings. The van der Waals surface area contributed by atoms with Crippen LogP contribution in [0.4, 0.5) is 0 Å². The Hall–Kier alpha value is -2.11. The molecular weight excluding hydrogens is 256 g/mol. The lowest BCUT2D eigenvalue weighted by molar-refractivity contribution is 0.0827. The smallest absolute Gasteiger partial charge is 0.254 e. The molecule has 0 saturated carbocycles. The summed E-state index contributed by atoms with van der Waals surface area (Å²) in [6.07, 6.45) is 1.23. The molecule has 1 aromatic carbocycles. The normalized spacial score (nSPS) is 12.1. The fourth-order valence-corrected chi connectivity index (χ4v) is 1.90. The predicted molar refractivity (Wildman–Crippen MR) is 75.1 cm³/mol. The van der Waals surface area contributed by atoms with E-state index in [9.17, 15) is 4.79 Å². The standard InChI is InChI=1S/C15H18N2O3/c1-19-14(11-5-3-2-4-6-11)9-17-15(18)12-7-13(8-16)20-10-12/h2-7,10,14H,8-9,16H2,1H3,(H,17,18). The van der Waals surface area contributed by atoms with E-state index >= 15 is 0 Å². The van der Waals surface area contributed by atoms with Crippen LogP contribution in [0.2, 0.25) is 0 Å². The number of carbonyl (C=O) groups is 1. The highest BCUT2D eigenvalue weighted by Crippen LogP contribution is 2.15. The van der Waals surface area contributed by atoms with Crippen molar-refractivity contribution in [1.29, 1.82) is 0 Å². The van der Waals surface area contributed by atoms with E-state index in [1.54, 1.807) is 13.2 Å². The van der Waals surface area contributed by atoms with E-state index in [0.717, 1.165) is 5.56 Å². The summed E-state index contributed by atoms with van der Waals surface area (Å²) in [5.41, 5.74) is 6.92. The summed E-state index contributed by atoms with van der Waals surface area (Å²) in [6.45, 7) is 0.667. The fourth-order valence-electron chi connectivity index (χ4n) is 1.90. The Morgan fingerprint density at radius 2 is 2.15 bits per heavy atom. The zero-order chi connectivity index (χ0) is 14.4. The Kier molecular flexibility index (Phi) is 4.92. The van der Waals surface area contributed by atoms with Gasteiger partial charge in [0.25, 0.3) is 5.91 Å². The molecule has 1 unspecified atom stereocenters. The van der Waals surface area contributed by atoms with Crippen molar-refractivity contribution in [1.82, 2.24) is 5.32 Å². The van der Waals surface area contributed by atoms with Gasteiger partial charge in [-0.15, -0.1) is 0 Å². The molecule has 1 atom stereocenters. The third-order valence-corrected chi connectivity index (χ3v) is 3.02. The summed E-state index contributed by atoms with van der Waals surface area (Å²) in [5.74, 6) is 0.382. The molecule has 0 bridgehead atoms. The quantitative estimate of drug-likeness (QED) is 0.842. The van der Waals surface area contributed by atoms with E-state index < -0.39 is 0 Å². The van der Waals surface area contributed by atoms with Crippen molar-refractivity contribution in [2.45, 2.75) is 12.6 Å². The first-order chi connectivity index (χ1) is 9.74. The molecule has 0 fully saturated rings. The third-order valence-electron chi connectivity index (χ3n) is 3.02. The zero-order valence-corrected chi connectivity index (χ0v) is 11.3. The second-order valence-electron chi connectivity index (χ2n) is 4.35. The number of furan rings is 1. The van der Waals surface area contributed by atoms with E-state index in [-0.39, 0.29) is 18.6 Å². The van der Waals surface area contributed by atoms with Crippen molar-refractivity contribution in [3.05, 3.63) is 59.5 Å². The second-order valence-corrected chi connectivity index (χ2v) is 4.35. The van der Waals surface area contributed by atoms with Gasteiger partial charge in [0.1, 0.15) is 12.0 Å². The molecule has 0 spiro atoms. The van der Waals surface area contributed by atoms with Crippen LogP contribution in [-0.4, -0.2) is 19.6 Å². The molecule has 5 nitrogen and oxygen atoms in total. The maximum atomic E-state index is 12.0. The molecule has 1 heterocycles. The highest BCUT2D eigenvalue weighted by Gasteiger charge is 2.14. The number of amides is 1. The predicted octanol–water partition coefficient (Wildman–Crippen LogP) is 1.86. The van der Waals surface area contributed by atoms with Gasteiger partial charge in [-0.3, -0.25) is 4.79 Å². The van der Waals surface area contributed by atoms with Crippen LogP contribution in [0.1, 0.15) is 27.8 Å². The first kappa shape index (κ1) is 14.3. The van der Waals surface area contributed by atoms with Crippen molar-refractivity contribution in [2.75, 3.05) is 13.7 Å². The number of methoxy groups -OCH3 is 1. The van der Waals surface area contributed by atoms with Gasteiger partial charge in [-0.25, -0.2) is 0 Å². The van der Waals surface area contributed by atoms with Crippen molar-refractivity contribution in [3.63, 3.8) is 0 Å². The van der Waals surface area contributed by atoms with Gasteiger partial charge in [0.05, 0.1) is 18.2 Å². The van der Waals surface area contributed by atoms with Crippen LogP contribution in [0, 0.1) is 0 Å². The Morgan fingerprint density at radius 1 is 1.40 bits per heavy atom. The number of carbonyl (C=O) groups excluding carboxylic acids is 1. The van der Waals surface area contributed by atoms with Crippen molar-refractivity contribution < 1.29 is 13.9 Å². The van der Waals surface area contributed by atoms with Crippen LogP contribution in [0.15, 0.2) is 47.1 Å². The van der Waals surface area contributed by atoms with Gasteiger partial charge in [-0.2, -0.15) is 0 Å². The molecule has 2 rings (SSSR count). The summed E-state index contributed by atoms with van der Waals surface area (Å²) in [6, 6.07) is 11.4. The minimum absolute atomic E-state index is 0.180. The Balaban J connectivity index is 1.95. The summed E-state index contributed by atoms with van der Waals surface area (Å²) < 4.78 is 10.5. The van der Waals surface area contributed by atoms with Crippen molar-refractivity contribution in [2.24, 2.45) is 5.73 Å². The highest BCUT2D eigenvalue weighted by molar-refractivity contribution is 5.93. The third kappa shape index (κ3) is 3.46. The lowest BCUT2D eigenvalue weighted by atomic mass is 10.1. The van der Waals surface area contributed by atoms with Gasteiger partial charge in [0.15, 0.2) is 0 Å². The minimum Gasteiger partial charge on any atom is -0.467 e. The molecule has 3 N–H and O–H groups in total. The zero-order valence-electron chi connectivity index (χ0n) is 11.3. The second kappa shape index (κ2) is 6.88. The largest absolute Gasteiger partial charge is 0.467 e. The summed E-state index contributed by atoms with van der Waals surface area (Å²) >= 11 is 0. The lowest BCUT2D eigenvalue weighted by Crippen LogP contribution is -2.28. The van der Waals surface area contributed by atoms with Gasteiger partial charge in [-0.05, 0) is 11.6 Å². The van der Waals surface area contributed by atoms with Crippen LogP contribution < -0.4 is 11.1 Å². The SMILES string of the molecule is COC(CNC(=O)c1coc(CN)c1)c1ccccc1. The molecule has 5 heteroatoms.